The van der Waals surface area contributed by atoms with Gasteiger partial charge in [0.05, 0.1) is 5.52 Å². The van der Waals surface area contributed by atoms with E-state index < -0.39 is 0 Å². The average molecular weight is 384 g/mol. The summed E-state index contributed by atoms with van der Waals surface area (Å²) in [6.07, 6.45) is 1.90. The molecule has 0 bridgehead atoms. The van der Waals surface area contributed by atoms with Crippen molar-refractivity contribution >= 4 is 27.5 Å². The van der Waals surface area contributed by atoms with E-state index in [0.29, 0.717) is 6.54 Å². The van der Waals surface area contributed by atoms with Crippen LogP contribution in [-0.2, 0) is 6.54 Å². The van der Waals surface area contributed by atoms with Gasteiger partial charge >= 0.3 is 0 Å². The van der Waals surface area contributed by atoms with Crippen molar-refractivity contribution in [3.8, 4) is 0 Å². The molecule has 0 saturated carbocycles. The zero-order valence-electron chi connectivity index (χ0n) is 16.4. The Hall–Kier alpha value is -3.18. The fourth-order valence-corrected chi connectivity index (χ4v) is 4.26. The van der Waals surface area contributed by atoms with Crippen LogP contribution in [0.25, 0.3) is 21.7 Å². The van der Waals surface area contributed by atoms with Gasteiger partial charge in [-0.15, -0.1) is 0 Å². The monoisotopic (exact) mass is 384 g/mol. The maximum Gasteiger partial charge on any atom is 0.251 e. The first-order valence-electron chi connectivity index (χ1n) is 10.2. The van der Waals surface area contributed by atoms with Crippen molar-refractivity contribution in [2.45, 2.75) is 6.54 Å². The van der Waals surface area contributed by atoms with Crippen LogP contribution in [0.2, 0.25) is 0 Å². The van der Waals surface area contributed by atoms with Gasteiger partial charge in [-0.05, 0) is 29.0 Å². The van der Waals surface area contributed by atoms with E-state index in [1.54, 1.807) is 6.07 Å². The zero-order valence-corrected chi connectivity index (χ0v) is 16.4. The highest BCUT2D eigenvalue weighted by molar-refractivity contribution is 5.92. The molecular weight excluding hydrogens is 360 g/mol. The molecule has 1 aliphatic heterocycles. The molecule has 0 unspecified atom stereocenters. The van der Waals surface area contributed by atoms with E-state index in [1.165, 1.54) is 10.8 Å². The Morgan fingerprint density at radius 1 is 0.759 bits per heavy atom. The summed E-state index contributed by atoms with van der Waals surface area (Å²) in [5.74, 6) is 1.08. The van der Waals surface area contributed by atoms with Crippen molar-refractivity contribution in [1.82, 2.24) is 14.5 Å². The number of fused-ring (bicyclic) bond motifs is 2. The second kappa shape index (κ2) is 7.68. The van der Waals surface area contributed by atoms with Gasteiger partial charge in [0.25, 0.3) is 5.56 Å². The molecule has 0 radical (unpaired) electrons. The van der Waals surface area contributed by atoms with Crippen LogP contribution in [0.4, 0.5) is 5.82 Å². The lowest BCUT2D eigenvalue weighted by molar-refractivity contribution is 0.248. The second-order valence-electron chi connectivity index (χ2n) is 7.57. The summed E-state index contributed by atoms with van der Waals surface area (Å²) in [7, 11) is 0. The van der Waals surface area contributed by atoms with Gasteiger partial charge in [0.15, 0.2) is 0 Å². The molecule has 5 nitrogen and oxygen atoms in total. The van der Waals surface area contributed by atoms with Crippen molar-refractivity contribution in [1.29, 1.82) is 0 Å². The number of hydrogen-bond donors (Lipinski definition) is 0. The van der Waals surface area contributed by atoms with Crippen LogP contribution in [0.1, 0.15) is 0 Å². The molecule has 1 fully saturated rings. The molecule has 3 heterocycles. The SMILES string of the molecule is O=c1ccc2ccccc2n1CCN1CCN(c2nccc3ccccc23)CC1. The van der Waals surface area contributed by atoms with Crippen LogP contribution in [0, 0.1) is 0 Å². The summed E-state index contributed by atoms with van der Waals surface area (Å²) >= 11 is 0. The molecule has 1 aliphatic rings. The van der Waals surface area contributed by atoms with E-state index in [-0.39, 0.29) is 5.56 Å². The third-order valence-electron chi connectivity index (χ3n) is 5.86. The van der Waals surface area contributed by atoms with Crippen LogP contribution in [0.15, 0.2) is 77.7 Å². The Morgan fingerprint density at radius 2 is 1.52 bits per heavy atom. The standard InChI is InChI=1S/C24H24N4O/c29-23-10-9-20-6-2-4-8-22(20)28(23)18-15-26-13-16-27(17-14-26)24-21-7-3-1-5-19(21)11-12-25-24/h1-12H,13-18H2. The van der Waals surface area contributed by atoms with E-state index in [2.05, 4.69) is 51.2 Å². The molecule has 0 amide bonds. The third kappa shape index (κ3) is 3.49. The zero-order chi connectivity index (χ0) is 19.6. The Morgan fingerprint density at radius 3 is 2.38 bits per heavy atom. The van der Waals surface area contributed by atoms with Crippen LogP contribution < -0.4 is 10.5 Å². The predicted molar refractivity (Wildman–Crippen MR) is 119 cm³/mol. The molecular formula is C24H24N4O. The first-order chi connectivity index (χ1) is 14.3. The van der Waals surface area contributed by atoms with Crippen molar-refractivity contribution in [2.75, 3.05) is 37.6 Å². The average Bonchev–Trinajstić information content (AvgIpc) is 2.78. The Labute approximate surface area is 169 Å². The van der Waals surface area contributed by atoms with Gasteiger partial charge < -0.3 is 9.47 Å². The lowest BCUT2D eigenvalue weighted by Gasteiger charge is -2.36. The fourth-order valence-electron chi connectivity index (χ4n) is 4.26. The third-order valence-corrected chi connectivity index (χ3v) is 5.86. The van der Waals surface area contributed by atoms with E-state index >= 15 is 0 Å². The highest BCUT2D eigenvalue weighted by Crippen LogP contribution is 2.25. The number of aromatic nitrogens is 2. The molecule has 5 rings (SSSR count). The van der Waals surface area contributed by atoms with Gasteiger partial charge in [-0.3, -0.25) is 9.69 Å². The summed E-state index contributed by atoms with van der Waals surface area (Å²) in [6.45, 7) is 5.45. The number of piperazine rings is 1. The van der Waals surface area contributed by atoms with Gasteiger partial charge in [0.1, 0.15) is 5.82 Å². The van der Waals surface area contributed by atoms with E-state index in [0.717, 1.165) is 49.4 Å². The van der Waals surface area contributed by atoms with Gasteiger partial charge in [-0.2, -0.15) is 0 Å². The topological polar surface area (TPSA) is 41.4 Å². The summed E-state index contributed by atoms with van der Waals surface area (Å²) in [4.78, 5) is 21.9. The Kier molecular flexibility index (Phi) is 4.74. The van der Waals surface area contributed by atoms with E-state index in [4.69, 9.17) is 0 Å². The number of anilines is 1. The number of benzene rings is 2. The first-order valence-corrected chi connectivity index (χ1v) is 10.2. The molecule has 5 heteroatoms. The van der Waals surface area contributed by atoms with Crippen molar-refractivity contribution in [3.05, 3.63) is 83.3 Å². The highest BCUT2D eigenvalue weighted by Gasteiger charge is 2.19. The first kappa shape index (κ1) is 17.9. The van der Waals surface area contributed by atoms with Crippen LogP contribution >= 0.6 is 0 Å². The molecule has 4 aromatic rings. The van der Waals surface area contributed by atoms with Crippen LogP contribution in [0.3, 0.4) is 0 Å². The molecule has 0 aliphatic carbocycles. The fraction of sp³-hybridized carbons (Fsp3) is 0.250. The highest BCUT2D eigenvalue weighted by atomic mass is 16.1. The summed E-state index contributed by atoms with van der Waals surface area (Å²) in [5.41, 5.74) is 1.08. The molecule has 146 valence electrons. The van der Waals surface area contributed by atoms with Gasteiger partial charge in [-0.25, -0.2) is 4.98 Å². The summed E-state index contributed by atoms with van der Waals surface area (Å²) < 4.78 is 1.90. The largest absolute Gasteiger partial charge is 0.354 e. The van der Waals surface area contributed by atoms with Gasteiger partial charge in [-0.1, -0.05) is 42.5 Å². The van der Waals surface area contributed by atoms with Crippen molar-refractivity contribution in [2.24, 2.45) is 0 Å². The second-order valence-corrected chi connectivity index (χ2v) is 7.57. The number of pyridine rings is 2. The normalized spacial score (nSPS) is 15.2. The molecule has 29 heavy (non-hydrogen) atoms. The summed E-state index contributed by atoms with van der Waals surface area (Å²) in [5, 5.41) is 3.56. The Bertz CT molecular complexity index is 1200. The van der Waals surface area contributed by atoms with Gasteiger partial charge in [0, 0.05) is 56.9 Å². The summed E-state index contributed by atoms with van der Waals surface area (Å²) in [6, 6.07) is 22.2. The number of hydrogen-bond acceptors (Lipinski definition) is 4. The smallest absolute Gasteiger partial charge is 0.251 e. The number of para-hydroxylation sites is 1. The molecule has 0 N–H and O–H groups in total. The quantitative estimate of drug-likeness (QED) is 0.541. The lowest BCUT2D eigenvalue weighted by Crippen LogP contribution is -2.47. The van der Waals surface area contributed by atoms with Crippen molar-refractivity contribution < 1.29 is 0 Å². The minimum absolute atomic E-state index is 0.0716. The number of nitrogens with zero attached hydrogens (tertiary/aromatic N) is 4. The molecule has 0 atom stereocenters. The van der Waals surface area contributed by atoms with E-state index in [1.807, 2.05) is 35.0 Å². The molecule has 2 aromatic carbocycles. The maximum atomic E-state index is 12.4. The van der Waals surface area contributed by atoms with Gasteiger partial charge in [0.2, 0.25) is 0 Å². The number of rotatable bonds is 4. The van der Waals surface area contributed by atoms with E-state index in [9.17, 15) is 4.79 Å². The van der Waals surface area contributed by atoms with Crippen LogP contribution in [0.5, 0.6) is 0 Å². The van der Waals surface area contributed by atoms with Crippen molar-refractivity contribution in [3.63, 3.8) is 0 Å². The minimum atomic E-state index is 0.0716. The predicted octanol–water partition coefficient (Wildman–Crippen LogP) is 3.37. The lowest BCUT2D eigenvalue weighted by atomic mass is 10.1. The molecule has 2 aromatic heterocycles. The maximum absolute atomic E-state index is 12.4. The molecule has 1 saturated heterocycles. The minimum Gasteiger partial charge on any atom is -0.354 e. The van der Waals surface area contributed by atoms with Crippen LogP contribution in [-0.4, -0.2) is 47.2 Å². The Balaban J connectivity index is 1.27. The molecule has 0 spiro atoms.